The fourth-order valence-electron chi connectivity index (χ4n) is 1.60. The fraction of sp³-hybridized carbons (Fsp3) is 0.231. The maximum absolute atomic E-state index is 11.4. The molecule has 2 rings (SSSR count). The van der Waals surface area contributed by atoms with Crippen molar-refractivity contribution in [1.29, 1.82) is 0 Å². The lowest BCUT2D eigenvalue weighted by molar-refractivity contribution is 0.287. The molecule has 0 unspecified atom stereocenters. The van der Waals surface area contributed by atoms with E-state index in [4.69, 9.17) is 10.5 Å². The van der Waals surface area contributed by atoms with Crippen LogP contribution in [0.15, 0.2) is 46.0 Å². The van der Waals surface area contributed by atoms with E-state index >= 15 is 0 Å². The van der Waals surface area contributed by atoms with Gasteiger partial charge in [-0.15, -0.1) is 0 Å². The van der Waals surface area contributed by atoms with Gasteiger partial charge in [-0.2, -0.15) is 0 Å². The number of benzene rings is 1. The van der Waals surface area contributed by atoms with Gasteiger partial charge < -0.3 is 10.5 Å². The monoisotopic (exact) mass is 261 g/mol. The van der Waals surface area contributed by atoms with E-state index in [1.807, 2.05) is 24.3 Å². The highest BCUT2D eigenvalue weighted by atomic mass is 16.5. The molecule has 0 spiro atoms. The number of aromatic amines is 1. The summed E-state index contributed by atoms with van der Waals surface area (Å²) in [6, 6.07) is 9.83. The largest absolute Gasteiger partial charge is 0.492 e. The molecule has 6 nitrogen and oxygen atoms in total. The van der Waals surface area contributed by atoms with E-state index in [-0.39, 0.29) is 17.7 Å². The molecule has 2 aromatic rings. The van der Waals surface area contributed by atoms with Crippen LogP contribution in [0.25, 0.3) is 0 Å². The quantitative estimate of drug-likeness (QED) is 0.797. The summed E-state index contributed by atoms with van der Waals surface area (Å²) >= 11 is 0. The van der Waals surface area contributed by atoms with E-state index in [0.29, 0.717) is 18.9 Å². The van der Waals surface area contributed by atoms with Crippen molar-refractivity contribution in [2.75, 3.05) is 6.61 Å². The minimum atomic E-state index is -0.313. The van der Waals surface area contributed by atoms with Crippen molar-refractivity contribution in [2.24, 2.45) is 5.73 Å². The van der Waals surface area contributed by atoms with Crippen LogP contribution in [0.4, 0.5) is 0 Å². The molecule has 1 aromatic carbocycles. The van der Waals surface area contributed by atoms with Gasteiger partial charge in [0.1, 0.15) is 12.4 Å². The minimum absolute atomic E-state index is 0.262. The second-order valence-electron chi connectivity index (χ2n) is 4.00. The van der Waals surface area contributed by atoms with E-state index in [2.05, 4.69) is 5.10 Å². The summed E-state index contributed by atoms with van der Waals surface area (Å²) < 4.78 is 6.70. The third kappa shape index (κ3) is 3.56. The van der Waals surface area contributed by atoms with Crippen LogP contribution < -0.4 is 21.6 Å². The number of nitrogens with zero attached hydrogens (tertiary/aromatic N) is 1. The van der Waals surface area contributed by atoms with Crippen LogP contribution in [0.2, 0.25) is 0 Å². The average Bonchev–Trinajstić information content (AvgIpc) is 2.43. The predicted molar refractivity (Wildman–Crippen MR) is 71.2 cm³/mol. The molecule has 0 atom stereocenters. The summed E-state index contributed by atoms with van der Waals surface area (Å²) in [5.41, 5.74) is 5.94. The zero-order chi connectivity index (χ0) is 13.7. The van der Waals surface area contributed by atoms with Gasteiger partial charge in [-0.3, -0.25) is 14.7 Å². The van der Waals surface area contributed by atoms with Gasteiger partial charge in [0, 0.05) is 18.7 Å². The van der Waals surface area contributed by atoms with Crippen LogP contribution >= 0.6 is 0 Å². The molecule has 0 aliphatic carbocycles. The molecule has 0 radical (unpaired) electrons. The number of hydrogen-bond donors (Lipinski definition) is 2. The molecule has 6 heteroatoms. The van der Waals surface area contributed by atoms with Crippen molar-refractivity contribution in [3.8, 4) is 5.75 Å². The standard InChI is InChI=1S/C13H15N3O3/c14-9-10-1-3-11(4-2-10)19-8-7-16-13(18)6-5-12(17)15-16/h1-6H,7-9,14H2,(H,15,17). The first-order chi connectivity index (χ1) is 9.19. The SMILES string of the molecule is NCc1ccc(OCCn2[nH]c(=O)ccc2=O)cc1. The zero-order valence-electron chi connectivity index (χ0n) is 10.3. The molecule has 0 aliphatic rings. The molecule has 0 amide bonds. The molecule has 1 heterocycles. The van der Waals surface area contributed by atoms with Crippen LogP contribution in [0.3, 0.4) is 0 Å². The number of hydrogen-bond acceptors (Lipinski definition) is 4. The molecule has 0 fully saturated rings. The maximum atomic E-state index is 11.4. The smallest absolute Gasteiger partial charge is 0.265 e. The normalized spacial score (nSPS) is 10.4. The first-order valence-electron chi connectivity index (χ1n) is 5.91. The predicted octanol–water partition coefficient (Wildman–Crippen LogP) is 0.0743. The Morgan fingerprint density at radius 1 is 1.11 bits per heavy atom. The van der Waals surface area contributed by atoms with E-state index in [1.54, 1.807) is 0 Å². The molecule has 0 bridgehead atoms. The molecule has 3 N–H and O–H groups in total. The lowest BCUT2D eigenvalue weighted by Gasteiger charge is -2.08. The van der Waals surface area contributed by atoms with E-state index < -0.39 is 0 Å². The van der Waals surface area contributed by atoms with Crippen LogP contribution in [0.5, 0.6) is 5.75 Å². The molecule has 0 saturated carbocycles. The summed E-state index contributed by atoms with van der Waals surface area (Å²) in [5.74, 6) is 0.698. The van der Waals surface area contributed by atoms with Gasteiger partial charge in [0.15, 0.2) is 0 Å². The second-order valence-corrected chi connectivity index (χ2v) is 4.00. The van der Waals surface area contributed by atoms with Crippen molar-refractivity contribution in [2.45, 2.75) is 13.1 Å². The first kappa shape index (κ1) is 13.1. The van der Waals surface area contributed by atoms with Gasteiger partial charge in [0.05, 0.1) is 6.54 Å². The highest BCUT2D eigenvalue weighted by Gasteiger charge is 1.98. The molecular formula is C13H15N3O3. The minimum Gasteiger partial charge on any atom is -0.492 e. The van der Waals surface area contributed by atoms with Gasteiger partial charge in [-0.05, 0) is 17.7 Å². The Labute approximate surface area is 109 Å². The Kier molecular flexibility index (Phi) is 4.15. The maximum Gasteiger partial charge on any atom is 0.265 e. The van der Waals surface area contributed by atoms with Crippen molar-refractivity contribution in [3.05, 3.63) is 62.7 Å². The van der Waals surface area contributed by atoms with Gasteiger partial charge in [-0.25, -0.2) is 4.68 Å². The lowest BCUT2D eigenvalue weighted by Crippen LogP contribution is -2.29. The first-order valence-corrected chi connectivity index (χ1v) is 5.91. The van der Waals surface area contributed by atoms with Gasteiger partial charge in [-0.1, -0.05) is 12.1 Å². The highest BCUT2D eigenvalue weighted by Crippen LogP contribution is 2.11. The fourth-order valence-corrected chi connectivity index (χ4v) is 1.60. The molecule has 0 saturated heterocycles. The molecule has 1 aromatic heterocycles. The number of nitrogens with one attached hydrogen (secondary N) is 1. The summed E-state index contributed by atoms with van der Waals surface area (Å²) in [7, 11) is 0. The van der Waals surface area contributed by atoms with Crippen molar-refractivity contribution >= 4 is 0 Å². The Bertz CT molecular complexity index is 643. The second kappa shape index (κ2) is 6.01. The number of H-pyrrole nitrogens is 1. The number of nitrogens with two attached hydrogens (primary N) is 1. The number of aromatic nitrogens is 2. The molecule has 0 aliphatic heterocycles. The van der Waals surface area contributed by atoms with Crippen LogP contribution in [0, 0.1) is 0 Å². The Morgan fingerprint density at radius 3 is 2.53 bits per heavy atom. The van der Waals surface area contributed by atoms with Crippen molar-refractivity contribution in [1.82, 2.24) is 9.78 Å². The van der Waals surface area contributed by atoms with Gasteiger partial charge in [0.25, 0.3) is 11.1 Å². The summed E-state index contributed by atoms with van der Waals surface area (Å²) in [5, 5.41) is 2.43. The molecule has 100 valence electrons. The van der Waals surface area contributed by atoms with E-state index in [1.165, 1.54) is 16.8 Å². The molecular weight excluding hydrogens is 246 g/mol. The highest BCUT2D eigenvalue weighted by molar-refractivity contribution is 5.26. The molecule has 19 heavy (non-hydrogen) atoms. The van der Waals surface area contributed by atoms with E-state index in [9.17, 15) is 9.59 Å². The lowest BCUT2D eigenvalue weighted by atomic mass is 10.2. The van der Waals surface area contributed by atoms with Crippen LogP contribution in [-0.4, -0.2) is 16.4 Å². The summed E-state index contributed by atoms with van der Waals surface area (Å²) in [6.45, 7) is 1.07. The summed E-state index contributed by atoms with van der Waals surface area (Å²) in [4.78, 5) is 22.5. The van der Waals surface area contributed by atoms with Crippen LogP contribution in [0.1, 0.15) is 5.56 Å². The van der Waals surface area contributed by atoms with Crippen LogP contribution in [-0.2, 0) is 13.1 Å². The zero-order valence-corrected chi connectivity index (χ0v) is 10.3. The van der Waals surface area contributed by atoms with Crippen molar-refractivity contribution in [3.63, 3.8) is 0 Å². The average molecular weight is 261 g/mol. The number of ether oxygens (including phenoxy) is 1. The third-order valence-corrected chi connectivity index (χ3v) is 2.63. The van der Waals surface area contributed by atoms with Gasteiger partial charge in [0.2, 0.25) is 0 Å². The van der Waals surface area contributed by atoms with Crippen molar-refractivity contribution < 1.29 is 4.74 Å². The Hall–Kier alpha value is -2.34. The third-order valence-electron chi connectivity index (χ3n) is 2.63. The van der Waals surface area contributed by atoms with E-state index in [0.717, 1.165) is 5.56 Å². The topological polar surface area (TPSA) is 90.1 Å². The van der Waals surface area contributed by atoms with Gasteiger partial charge >= 0.3 is 0 Å². The Morgan fingerprint density at radius 2 is 1.84 bits per heavy atom. The Balaban J connectivity index is 1.94. The summed E-state index contributed by atoms with van der Waals surface area (Å²) in [6.07, 6.45) is 0. The number of rotatable bonds is 5.